The molecule has 2 aromatic rings. The van der Waals surface area contributed by atoms with Crippen molar-refractivity contribution in [2.45, 2.75) is 25.8 Å². The Labute approximate surface area is 127 Å². The fourth-order valence-corrected chi connectivity index (χ4v) is 2.61. The number of aromatic nitrogens is 1. The number of pyridine rings is 1. The van der Waals surface area contributed by atoms with Crippen LogP contribution in [0.1, 0.15) is 30.6 Å². The van der Waals surface area contributed by atoms with E-state index in [9.17, 15) is 4.39 Å². The predicted molar refractivity (Wildman–Crippen MR) is 83.1 cm³/mol. The van der Waals surface area contributed by atoms with E-state index in [1.807, 2.05) is 31.2 Å². The maximum absolute atomic E-state index is 14.0. The van der Waals surface area contributed by atoms with Crippen LogP contribution in [-0.2, 0) is 6.42 Å². The Kier molecular flexibility index (Phi) is 5.68. The van der Waals surface area contributed by atoms with Gasteiger partial charge >= 0.3 is 0 Å². The van der Waals surface area contributed by atoms with Crippen LogP contribution in [0.3, 0.4) is 0 Å². The minimum Gasteiger partial charge on any atom is -0.310 e. The largest absolute Gasteiger partial charge is 0.310 e. The molecule has 0 spiro atoms. The van der Waals surface area contributed by atoms with E-state index in [2.05, 4.69) is 26.2 Å². The molecule has 2 rings (SSSR count). The molecule has 4 heteroatoms. The fourth-order valence-electron chi connectivity index (χ4n) is 2.23. The van der Waals surface area contributed by atoms with Gasteiger partial charge < -0.3 is 5.32 Å². The molecule has 0 radical (unpaired) electrons. The van der Waals surface area contributed by atoms with Crippen molar-refractivity contribution in [1.82, 2.24) is 10.3 Å². The zero-order chi connectivity index (χ0) is 14.4. The lowest BCUT2D eigenvalue weighted by Gasteiger charge is -2.19. The second-order valence-electron chi connectivity index (χ2n) is 4.64. The average Bonchev–Trinajstić information content (AvgIpc) is 2.47. The van der Waals surface area contributed by atoms with E-state index in [0.717, 1.165) is 29.6 Å². The van der Waals surface area contributed by atoms with Gasteiger partial charge in [-0.25, -0.2) is 4.39 Å². The summed E-state index contributed by atoms with van der Waals surface area (Å²) in [4.78, 5) is 4.31. The summed E-state index contributed by atoms with van der Waals surface area (Å²) >= 11 is 3.40. The van der Waals surface area contributed by atoms with E-state index >= 15 is 0 Å². The zero-order valence-corrected chi connectivity index (χ0v) is 13.0. The molecule has 1 unspecified atom stereocenters. The van der Waals surface area contributed by atoms with Crippen LogP contribution < -0.4 is 5.32 Å². The van der Waals surface area contributed by atoms with Crippen molar-refractivity contribution < 1.29 is 4.39 Å². The molecule has 0 aliphatic rings. The van der Waals surface area contributed by atoms with Crippen molar-refractivity contribution >= 4 is 15.9 Å². The lowest BCUT2D eigenvalue weighted by atomic mass is 10.00. The number of halogens is 2. The molecule has 1 aromatic heterocycles. The number of nitrogens with zero attached hydrogens (tertiary/aromatic N) is 1. The van der Waals surface area contributed by atoms with Gasteiger partial charge in [-0.15, -0.1) is 0 Å². The summed E-state index contributed by atoms with van der Waals surface area (Å²) in [6.45, 7) is 2.84. The minimum atomic E-state index is -0.167. The van der Waals surface area contributed by atoms with Crippen LogP contribution in [0, 0.1) is 5.82 Å². The summed E-state index contributed by atoms with van der Waals surface area (Å²) in [7, 11) is 0. The van der Waals surface area contributed by atoms with Gasteiger partial charge in [0, 0.05) is 28.0 Å². The third-order valence-electron chi connectivity index (χ3n) is 3.20. The Balaban J connectivity index is 2.12. The Morgan fingerprint density at radius 1 is 1.30 bits per heavy atom. The molecule has 0 aliphatic heterocycles. The van der Waals surface area contributed by atoms with Crippen LogP contribution in [0.4, 0.5) is 4.39 Å². The first-order valence-corrected chi connectivity index (χ1v) is 7.58. The molecule has 0 aliphatic carbocycles. The Bertz CT molecular complexity index is 545. The number of hydrogen-bond donors (Lipinski definition) is 1. The number of aryl methyl sites for hydroxylation is 1. The first kappa shape index (κ1) is 15.1. The van der Waals surface area contributed by atoms with Crippen LogP contribution in [-0.4, -0.2) is 11.5 Å². The predicted octanol–water partition coefficient (Wildman–Crippen LogP) is 4.27. The summed E-state index contributed by atoms with van der Waals surface area (Å²) in [6, 6.07) is 11.0. The normalized spacial score (nSPS) is 12.3. The molecule has 1 atom stereocenters. The van der Waals surface area contributed by atoms with Crippen molar-refractivity contribution in [2.75, 3.05) is 6.54 Å². The highest BCUT2D eigenvalue weighted by Gasteiger charge is 2.15. The Hall–Kier alpha value is -1.26. The van der Waals surface area contributed by atoms with Gasteiger partial charge in [0.15, 0.2) is 0 Å². The SMILES string of the molecule is CCNC(CCc1ccccn1)c1cc(Br)ccc1F. The second kappa shape index (κ2) is 7.50. The third kappa shape index (κ3) is 4.12. The third-order valence-corrected chi connectivity index (χ3v) is 3.69. The second-order valence-corrected chi connectivity index (χ2v) is 5.55. The van der Waals surface area contributed by atoms with Crippen molar-refractivity contribution in [3.63, 3.8) is 0 Å². The Morgan fingerprint density at radius 3 is 2.85 bits per heavy atom. The molecule has 1 aromatic carbocycles. The van der Waals surface area contributed by atoms with Crippen LogP contribution in [0.5, 0.6) is 0 Å². The molecule has 0 fully saturated rings. The molecule has 20 heavy (non-hydrogen) atoms. The maximum Gasteiger partial charge on any atom is 0.128 e. The number of nitrogens with one attached hydrogen (secondary N) is 1. The van der Waals surface area contributed by atoms with Crippen molar-refractivity contribution in [2.24, 2.45) is 0 Å². The Morgan fingerprint density at radius 2 is 2.15 bits per heavy atom. The van der Waals surface area contributed by atoms with Gasteiger partial charge in [0.1, 0.15) is 5.82 Å². The van der Waals surface area contributed by atoms with Crippen LogP contribution in [0.2, 0.25) is 0 Å². The first-order valence-electron chi connectivity index (χ1n) is 6.79. The van der Waals surface area contributed by atoms with Gasteiger partial charge in [0.25, 0.3) is 0 Å². The molecule has 0 amide bonds. The van der Waals surface area contributed by atoms with Gasteiger partial charge in [0.2, 0.25) is 0 Å². The van der Waals surface area contributed by atoms with Gasteiger partial charge in [0.05, 0.1) is 0 Å². The van der Waals surface area contributed by atoms with Crippen molar-refractivity contribution in [3.05, 3.63) is 64.1 Å². The molecule has 0 saturated carbocycles. The minimum absolute atomic E-state index is 0.000457. The number of hydrogen-bond acceptors (Lipinski definition) is 2. The molecule has 1 N–H and O–H groups in total. The van der Waals surface area contributed by atoms with E-state index in [0.29, 0.717) is 5.56 Å². The lowest BCUT2D eigenvalue weighted by molar-refractivity contribution is 0.483. The highest BCUT2D eigenvalue weighted by atomic mass is 79.9. The quantitative estimate of drug-likeness (QED) is 0.852. The molecule has 0 saturated heterocycles. The lowest BCUT2D eigenvalue weighted by Crippen LogP contribution is -2.22. The van der Waals surface area contributed by atoms with E-state index in [1.165, 1.54) is 6.07 Å². The highest BCUT2D eigenvalue weighted by molar-refractivity contribution is 9.10. The van der Waals surface area contributed by atoms with Crippen LogP contribution in [0.25, 0.3) is 0 Å². The van der Waals surface area contributed by atoms with E-state index in [4.69, 9.17) is 0 Å². The van der Waals surface area contributed by atoms with Crippen LogP contribution in [0.15, 0.2) is 47.1 Å². The molecule has 1 heterocycles. The fraction of sp³-hybridized carbons (Fsp3) is 0.312. The van der Waals surface area contributed by atoms with Gasteiger partial charge in [-0.05, 0) is 49.7 Å². The number of benzene rings is 1. The van der Waals surface area contributed by atoms with E-state index in [1.54, 1.807) is 12.3 Å². The first-order chi connectivity index (χ1) is 9.70. The molecular weight excluding hydrogens is 319 g/mol. The van der Waals surface area contributed by atoms with E-state index < -0.39 is 0 Å². The molecular formula is C16H18BrFN2. The number of rotatable bonds is 6. The summed E-state index contributed by atoms with van der Waals surface area (Å²) in [6.07, 6.45) is 3.43. The van der Waals surface area contributed by atoms with Crippen molar-refractivity contribution in [1.29, 1.82) is 0 Å². The molecule has 0 bridgehead atoms. The standard InChI is InChI=1S/C16H18BrFN2/c1-2-19-16(9-7-13-5-3-4-10-20-13)14-11-12(17)6-8-15(14)18/h3-6,8,10-11,16,19H,2,7,9H2,1H3. The highest BCUT2D eigenvalue weighted by Crippen LogP contribution is 2.25. The molecule has 2 nitrogen and oxygen atoms in total. The smallest absolute Gasteiger partial charge is 0.128 e. The summed E-state index contributed by atoms with van der Waals surface area (Å²) in [5.74, 6) is -0.167. The van der Waals surface area contributed by atoms with E-state index in [-0.39, 0.29) is 11.9 Å². The summed E-state index contributed by atoms with van der Waals surface area (Å²) < 4.78 is 14.9. The van der Waals surface area contributed by atoms with Crippen LogP contribution >= 0.6 is 15.9 Å². The average molecular weight is 337 g/mol. The topological polar surface area (TPSA) is 24.9 Å². The van der Waals surface area contributed by atoms with Gasteiger partial charge in [-0.2, -0.15) is 0 Å². The zero-order valence-electron chi connectivity index (χ0n) is 11.4. The van der Waals surface area contributed by atoms with Gasteiger partial charge in [-0.3, -0.25) is 4.98 Å². The monoisotopic (exact) mass is 336 g/mol. The van der Waals surface area contributed by atoms with Gasteiger partial charge in [-0.1, -0.05) is 28.9 Å². The maximum atomic E-state index is 14.0. The molecule has 106 valence electrons. The van der Waals surface area contributed by atoms with Crippen molar-refractivity contribution in [3.8, 4) is 0 Å². The summed E-state index contributed by atoms with van der Waals surface area (Å²) in [5, 5.41) is 3.35. The summed E-state index contributed by atoms with van der Waals surface area (Å²) in [5.41, 5.74) is 1.74.